The van der Waals surface area contributed by atoms with Crippen LogP contribution in [0, 0.1) is 0 Å². The number of allylic oxidation sites excluding steroid dienone is 6. The Bertz CT molecular complexity index is 308. The van der Waals surface area contributed by atoms with Gasteiger partial charge in [0.05, 0.1) is 0 Å². The van der Waals surface area contributed by atoms with E-state index < -0.39 is 0 Å². The second-order valence-electron chi connectivity index (χ2n) is 3.24. The van der Waals surface area contributed by atoms with Crippen LogP contribution < -0.4 is 0 Å². The monoisotopic (exact) mass is 240 g/mol. The van der Waals surface area contributed by atoms with E-state index in [1.54, 1.807) is 6.92 Å². The molecule has 0 heterocycles. The van der Waals surface area contributed by atoms with Crippen molar-refractivity contribution in [3.63, 3.8) is 0 Å². The minimum absolute atomic E-state index is 0.176. The zero-order valence-corrected chi connectivity index (χ0v) is 9.52. The maximum absolute atomic E-state index is 11.1. The highest BCUT2D eigenvalue weighted by Gasteiger charge is 2.06. The first-order chi connectivity index (χ1) is 6.11. The normalized spacial score (nSPS) is 29.9. The molecule has 0 aromatic heterocycles. The van der Waals surface area contributed by atoms with E-state index in [2.05, 4.69) is 22.9 Å². The minimum Gasteiger partial charge on any atom is -0.295 e. The average Bonchev–Trinajstić information content (AvgIpc) is 2.06. The van der Waals surface area contributed by atoms with Crippen LogP contribution in [0.2, 0.25) is 0 Å². The fourth-order valence-corrected chi connectivity index (χ4v) is 1.56. The Hall–Kier alpha value is -0.630. The predicted molar refractivity (Wildman–Crippen MR) is 58.8 cm³/mol. The molecule has 0 fully saturated rings. The van der Waals surface area contributed by atoms with Crippen molar-refractivity contribution in [1.82, 2.24) is 0 Å². The van der Waals surface area contributed by atoms with Gasteiger partial charge in [0.25, 0.3) is 0 Å². The predicted octanol–water partition coefficient (Wildman–Crippen LogP) is 3.52. The summed E-state index contributed by atoms with van der Waals surface area (Å²) in [6, 6.07) is 0. The Morgan fingerprint density at radius 3 is 2.77 bits per heavy atom. The summed E-state index contributed by atoms with van der Waals surface area (Å²) < 4.78 is 1.13. The topological polar surface area (TPSA) is 17.1 Å². The van der Waals surface area contributed by atoms with Gasteiger partial charge in [-0.1, -0.05) is 33.7 Å². The van der Waals surface area contributed by atoms with Gasteiger partial charge in [0.1, 0.15) is 0 Å². The summed E-state index contributed by atoms with van der Waals surface area (Å²) in [7, 11) is 0. The molecule has 0 amide bonds. The lowest BCUT2D eigenvalue weighted by atomic mass is 10.0. The molecule has 1 nitrogen and oxygen atoms in total. The smallest absolute Gasteiger partial charge is 0.155 e. The van der Waals surface area contributed by atoms with Gasteiger partial charge in [0.2, 0.25) is 0 Å². The number of rotatable bonds is 1. The number of carbonyl (C=O) groups is 1. The number of ketones is 1. The first-order valence-corrected chi connectivity index (χ1v) is 5.14. The van der Waals surface area contributed by atoms with Crippen LogP contribution in [-0.2, 0) is 4.79 Å². The van der Waals surface area contributed by atoms with Crippen LogP contribution in [0.4, 0.5) is 0 Å². The zero-order chi connectivity index (χ0) is 9.84. The van der Waals surface area contributed by atoms with E-state index in [0.717, 1.165) is 22.9 Å². The van der Waals surface area contributed by atoms with Crippen LogP contribution >= 0.6 is 15.9 Å². The summed E-state index contributed by atoms with van der Waals surface area (Å²) in [6.45, 7) is 3.70. The highest BCUT2D eigenvalue weighted by atomic mass is 79.9. The van der Waals surface area contributed by atoms with Gasteiger partial charge in [-0.05, 0) is 38.3 Å². The number of hydrogen-bond acceptors (Lipinski definition) is 1. The lowest BCUT2D eigenvalue weighted by Gasteiger charge is -2.07. The van der Waals surface area contributed by atoms with Crippen molar-refractivity contribution in [2.45, 2.75) is 26.7 Å². The molecule has 0 spiro atoms. The zero-order valence-electron chi connectivity index (χ0n) is 7.93. The van der Waals surface area contributed by atoms with E-state index in [1.165, 1.54) is 5.57 Å². The molecule has 0 radical (unpaired) electrons. The molecule has 0 N–H and O–H groups in total. The van der Waals surface area contributed by atoms with Gasteiger partial charge in [-0.25, -0.2) is 0 Å². The Balaban J connectivity index is 2.88. The molecule has 0 atom stereocenters. The Labute approximate surface area is 87.3 Å². The van der Waals surface area contributed by atoms with E-state index in [1.807, 2.05) is 18.2 Å². The fraction of sp³-hybridized carbons (Fsp3) is 0.364. The van der Waals surface area contributed by atoms with Crippen LogP contribution in [0.3, 0.4) is 0 Å². The van der Waals surface area contributed by atoms with E-state index >= 15 is 0 Å². The van der Waals surface area contributed by atoms with Crippen LogP contribution in [0.5, 0.6) is 0 Å². The molecule has 0 aromatic rings. The van der Waals surface area contributed by atoms with Crippen molar-refractivity contribution in [2.75, 3.05) is 0 Å². The number of carbonyl (C=O) groups excluding carboxylic acids is 1. The van der Waals surface area contributed by atoms with Crippen LogP contribution in [-0.4, -0.2) is 5.78 Å². The number of halogens is 1. The Morgan fingerprint density at radius 1 is 1.46 bits per heavy atom. The average molecular weight is 241 g/mol. The molecule has 0 unspecified atom stereocenters. The molecule has 70 valence electrons. The third kappa shape index (κ3) is 2.96. The molecule has 0 aliphatic heterocycles. The Kier molecular flexibility index (Phi) is 3.67. The van der Waals surface area contributed by atoms with Crippen LogP contribution in [0.15, 0.2) is 33.9 Å². The molecule has 0 saturated heterocycles. The maximum Gasteiger partial charge on any atom is 0.155 e. The molecule has 13 heavy (non-hydrogen) atoms. The third-order valence-electron chi connectivity index (χ3n) is 2.17. The first-order valence-electron chi connectivity index (χ1n) is 4.34. The SMILES string of the molecule is CC(=O)/C1=C/C=C\C(Br)=C(\C)CC1. The Morgan fingerprint density at radius 2 is 2.15 bits per heavy atom. The van der Waals surface area contributed by atoms with Gasteiger partial charge in [-0.15, -0.1) is 0 Å². The van der Waals surface area contributed by atoms with Gasteiger partial charge < -0.3 is 0 Å². The molecule has 1 aliphatic rings. The summed E-state index contributed by atoms with van der Waals surface area (Å²) >= 11 is 3.47. The van der Waals surface area contributed by atoms with Crippen molar-refractivity contribution >= 4 is 21.7 Å². The second-order valence-corrected chi connectivity index (χ2v) is 4.09. The van der Waals surface area contributed by atoms with Crippen molar-refractivity contribution < 1.29 is 4.79 Å². The van der Waals surface area contributed by atoms with E-state index in [-0.39, 0.29) is 5.78 Å². The van der Waals surface area contributed by atoms with Crippen molar-refractivity contribution in [1.29, 1.82) is 0 Å². The van der Waals surface area contributed by atoms with Crippen LogP contribution in [0.25, 0.3) is 0 Å². The molecular weight excluding hydrogens is 228 g/mol. The fourth-order valence-electron chi connectivity index (χ4n) is 1.21. The van der Waals surface area contributed by atoms with Gasteiger partial charge in [-0.3, -0.25) is 4.79 Å². The molecule has 2 heteroatoms. The van der Waals surface area contributed by atoms with E-state index in [9.17, 15) is 4.79 Å². The molecule has 0 aromatic carbocycles. The van der Waals surface area contributed by atoms with Crippen LogP contribution in [0.1, 0.15) is 26.7 Å². The third-order valence-corrected chi connectivity index (χ3v) is 3.11. The van der Waals surface area contributed by atoms with Crippen molar-refractivity contribution in [3.05, 3.63) is 33.9 Å². The van der Waals surface area contributed by atoms with Gasteiger partial charge in [0.15, 0.2) is 5.78 Å². The van der Waals surface area contributed by atoms with Crippen molar-refractivity contribution in [2.24, 2.45) is 0 Å². The van der Waals surface area contributed by atoms with Gasteiger partial charge in [0, 0.05) is 4.48 Å². The summed E-state index contributed by atoms with van der Waals surface area (Å²) in [6.07, 6.45) is 7.61. The van der Waals surface area contributed by atoms with Gasteiger partial charge in [-0.2, -0.15) is 0 Å². The van der Waals surface area contributed by atoms with Crippen molar-refractivity contribution in [3.8, 4) is 0 Å². The lowest BCUT2D eigenvalue weighted by Crippen LogP contribution is -1.98. The largest absolute Gasteiger partial charge is 0.295 e. The number of hydrogen-bond donors (Lipinski definition) is 0. The molecule has 0 bridgehead atoms. The quantitative estimate of drug-likeness (QED) is 0.686. The molecule has 1 aliphatic carbocycles. The molecular formula is C11H13BrO. The molecule has 1 rings (SSSR count). The summed E-state index contributed by atoms with van der Waals surface area (Å²) in [5.41, 5.74) is 2.21. The highest BCUT2D eigenvalue weighted by Crippen LogP contribution is 2.22. The summed E-state index contributed by atoms with van der Waals surface area (Å²) in [4.78, 5) is 11.1. The van der Waals surface area contributed by atoms with Gasteiger partial charge >= 0.3 is 0 Å². The van der Waals surface area contributed by atoms with E-state index in [4.69, 9.17) is 0 Å². The summed E-state index contributed by atoms with van der Waals surface area (Å²) in [5.74, 6) is 0.176. The van der Waals surface area contributed by atoms with E-state index in [0.29, 0.717) is 0 Å². The standard InChI is InChI=1S/C11H13BrO/c1-8-6-7-10(9(2)13)4-3-5-11(8)12/h3-5H,6-7H2,1-2H3/b5-3-,10-4+,11-8+. The minimum atomic E-state index is 0.176. The lowest BCUT2D eigenvalue weighted by molar-refractivity contribution is -0.113. The first kappa shape index (κ1) is 10.5. The highest BCUT2D eigenvalue weighted by molar-refractivity contribution is 9.11. The number of Topliss-reactive ketones (excluding diaryl/α,β-unsaturated/α-hetero) is 1. The molecule has 0 saturated carbocycles. The maximum atomic E-state index is 11.1. The second kappa shape index (κ2) is 4.56. The summed E-state index contributed by atoms with van der Waals surface area (Å²) in [5, 5.41) is 0.